The van der Waals surface area contributed by atoms with E-state index in [4.69, 9.17) is 4.74 Å². The molecule has 2 aromatic rings. The van der Waals surface area contributed by atoms with Crippen molar-refractivity contribution in [3.8, 4) is 5.88 Å². The van der Waals surface area contributed by atoms with E-state index in [9.17, 15) is 10.0 Å². The number of carbonyl (C=O) groups excluding carboxylic acids is 1. The summed E-state index contributed by atoms with van der Waals surface area (Å²) in [5, 5.41) is 10.2. The molecule has 3 heterocycles. The second kappa shape index (κ2) is 5.29. The van der Waals surface area contributed by atoms with E-state index in [1.54, 1.807) is 37.3 Å². The number of fused-ring (bicyclic) bond motifs is 2. The van der Waals surface area contributed by atoms with E-state index in [1.807, 2.05) is 13.0 Å². The molecule has 1 amide bonds. The smallest absolute Gasteiger partial charge is 0.264 e. The predicted octanol–water partition coefficient (Wildman–Crippen LogP) is 1.75. The van der Waals surface area contributed by atoms with E-state index in [1.165, 1.54) is 6.20 Å². The van der Waals surface area contributed by atoms with E-state index in [2.05, 4.69) is 4.98 Å². The number of ether oxygens (including phenoxy) is 1. The van der Waals surface area contributed by atoms with Crippen molar-refractivity contribution in [3.05, 3.63) is 47.4 Å². The van der Waals surface area contributed by atoms with Gasteiger partial charge in [0.1, 0.15) is 5.56 Å². The Morgan fingerprint density at radius 2 is 2.18 bits per heavy atom. The summed E-state index contributed by atoms with van der Waals surface area (Å²) in [7, 11) is 3.27. The Kier molecular flexibility index (Phi) is 3.44. The van der Waals surface area contributed by atoms with Crippen LogP contribution in [0, 0.1) is 0 Å². The molecule has 0 aliphatic carbocycles. The lowest BCUT2D eigenvalue weighted by atomic mass is 9.94. The summed E-state index contributed by atoms with van der Waals surface area (Å²) in [5.41, 5.74) is 2.50. The van der Waals surface area contributed by atoms with Gasteiger partial charge in [-0.25, -0.2) is 4.98 Å². The molecule has 6 nitrogen and oxygen atoms in total. The number of hydrogen-bond acceptors (Lipinski definition) is 4. The van der Waals surface area contributed by atoms with Gasteiger partial charge in [0.05, 0.1) is 24.4 Å². The van der Waals surface area contributed by atoms with Crippen LogP contribution in [0.25, 0.3) is 0 Å². The molecule has 0 spiro atoms. The number of carbonyl (C=O) groups is 1. The highest BCUT2D eigenvalue weighted by Crippen LogP contribution is 2.37. The minimum Gasteiger partial charge on any atom is -0.481 e. The van der Waals surface area contributed by atoms with Gasteiger partial charge in [0, 0.05) is 23.9 Å². The van der Waals surface area contributed by atoms with Crippen molar-refractivity contribution in [1.82, 2.24) is 4.98 Å². The number of hydrogen-bond donors (Lipinski definition) is 1. The molecule has 6 heteroatoms. The van der Waals surface area contributed by atoms with Crippen LogP contribution in [-0.2, 0) is 0 Å². The Labute approximate surface area is 128 Å². The Balaban J connectivity index is 2.34. The molecule has 0 fully saturated rings. The first kappa shape index (κ1) is 14.3. The number of nitrogens with zero attached hydrogens (tertiary/aromatic N) is 3. The summed E-state index contributed by atoms with van der Waals surface area (Å²) in [4.78, 5) is 18.8. The van der Waals surface area contributed by atoms with Crippen molar-refractivity contribution < 1.29 is 19.5 Å². The van der Waals surface area contributed by atoms with Crippen LogP contribution in [0.4, 0.5) is 5.69 Å². The molecule has 0 saturated carbocycles. The number of rotatable bonds is 2. The first-order valence-electron chi connectivity index (χ1n) is 7.15. The Bertz CT molecular complexity index is 745. The molecule has 0 aromatic carbocycles. The molecular weight excluding hydrogens is 282 g/mol. The van der Waals surface area contributed by atoms with Gasteiger partial charge in [-0.2, -0.15) is 0 Å². The molecule has 0 radical (unpaired) electrons. The normalized spacial score (nSPS) is 16.8. The maximum Gasteiger partial charge on any atom is 0.264 e. The van der Waals surface area contributed by atoms with Crippen LogP contribution < -0.4 is 14.4 Å². The summed E-state index contributed by atoms with van der Waals surface area (Å²) in [6.45, 7) is 2.00. The number of methoxy groups -OCH3 is 1. The second-order valence-corrected chi connectivity index (χ2v) is 5.23. The molecule has 1 unspecified atom stereocenters. The zero-order chi connectivity index (χ0) is 15.9. The summed E-state index contributed by atoms with van der Waals surface area (Å²) in [6, 6.07) is 6.95. The van der Waals surface area contributed by atoms with Crippen molar-refractivity contribution in [2.75, 3.05) is 19.1 Å². The Morgan fingerprint density at radius 3 is 2.86 bits per heavy atom. The van der Waals surface area contributed by atoms with Crippen molar-refractivity contribution in [2.24, 2.45) is 0 Å². The minimum atomic E-state index is -0.194. The van der Waals surface area contributed by atoms with Crippen molar-refractivity contribution in [1.29, 1.82) is 0 Å². The van der Waals surface area contributed by atoms with Gasteiger partial charge < -0.3 is 9.64 Å². The molecule has 0 saturated heterocycles. The Hall–Kier alpha value is -2.63. The van der Waals surface area contributed by atoms with Crippen LogP contribution >= 0.6 is 0 Å². The monoisotopic (exact) mass is 300 g/mol. The molecule has 0 bridgehead atoms. The molecular formula is C16H18N3O3+. The van der Waals surface area contributed by atoms with Gasteiger partial charge in [0.15, 0.2) is 0 Å². The van der Waals surface area contributed by atoms with E-state index in [-0.39, 0.29) is 11.8 Å². The summed E-state index contributed by atoms with van der Waals surface area (Å²) in [5.74, 6) is 0.129. The fraction of sp³-hybridized carbons (Fsp3) is 0.312. The van der Waals surface area contributed by atoms with Crippen molar-refractivity contribution in [2.45, 2.75) is 19.3 Å². The van der Waals surface area contributed by atoms with E-state index >= 15 is 0 Å². The predicted molar refractivity (Wildman–Crippen MR) is 79.5 cm³/mol. The number of pyridine rings is 2. The highest BCUT2D eigenvalue weighted by molar-refractivity contribution is 6.07. The fourth-order valence-corrected chi connectivity index (χ4v) is 2.95. The SMILES string of the molecule is CCC1c2nc(OC)ccc2N(C)C(=O)c2ccc[n+](O)c21. The van der Waals surface area contributed by atoms with Crippen molar-refractivity contribution in [3.63, 3.8) is 0 Å². The number of amides is 1. The average Bonchev–Trinajstić information content (AvgIpc) is 2.63. The highest BCUT2D eigenvalue weighted by Gasteiger charge is 2.38. The lowest BCUT2D eigenvalue weighted by molar-refractivity contribution is -0.910. The zero-order valence-corrected chi connectivity index (χ0v) is 12.8. The first-order chi connectivity index (χ1) is 10.6. The van der Waals surface area contributed by atoms with Crippen molar-refractivity contribution >= 4 is 11.6 Å². The molecule has 1 aliphatic heterocycles. The van der Waals surface area contributed by atoms with Gasteiger partial charge in [0.25, 0.3) is 11.6 Å². The van der Waals surface area contributed by atoms with E-state index in [0.29, 0.717) is 23.6 Å². The largest absolute Gasteiger partial charge is 0.481 e. The number of anilines is 1. The lowest BCUT2D eigenvalue weighted by Crippen LogP contribution is -2.39. The quantitative estimate of drug-likeness (QED) is 0.678. The maximum absolute atomic E-state index is 12.7. The van der Waals surface area contributed by atoms with Crippen LogP contribution in [0.1, 0.15) is 41.0 Å². The highest BCUT2D eigenvalue weighted by atomic mass is 16.5. The van der Waals surface area contributed by atoms with Gasteiger partial charge in [-0.1, -0.05) is 6.92 Å². The first-order valence-corrected chi connectivity index (χ1v) is 7.15. The second-order valence-electron chi connectivity index (χ2n) is 5.23. The van der Waals surface area contributed by atoms with E-state index < -0.39 is 0 Å². The third-order valence-electron chi connectivity index (χ3n) is 4.06. The van der Waals surface area contributed by atoms with Crippen LogP contribution in [0.15, 0.2) is 30.5 Å². The maximum atomic E-state index is 12.7. The molecule has 114 valence electrons. The van der Waals surface area contributed by atoms with Crippen LogP contribution in [0.2, 0.25) is 0 Å². The van der Waals surface area contributed by atoms with Gasteiger partial charge in [0.2, 0.25) is 12.1 Å². The van der Waals surface area contributed by atoms with E-state index in [0.717, 1.165) is 16.1 Å². The standard InChI is InChI=1S/C16H18N3O3/c1-4-10-14-12(7-8-13(17-14)22-3)18(2)16(20)11-6-5-9-19(21)15(10)11/h5-10,21H,4H2,1-3H3/q+1. The number of aromatic nitrogens is 2. The molecule has 22 heavy (non-hydrogen) atoms. The lowest BCUT2D eigenvalue weighted by Gasteiger charge is -2.18. The zero-order valence-electron chi connectivity index (χ0n) is 12.8. The molecule has 1 aliphatic rings. The van der Waals surface area contributed by atoms with Crippen LogP contribution in [-0.4, -0.2) is 30.3 Å². The fourth-order valence-electron chi connectivity index (χ4n) is 2.95. The van der Waals surface area contributed by atoms with Gasteiger partial charge >= 0.3 is 0 Å². The molecule has 1 N–H and O–H groups in total. The third-order valence-corrected chi connectivity index (χ3v) is 4.06. The van der Waals surface area contributed by atoms with Crippen LogP contribution in [0.5, 0.6) is 5.88 Å². The molecule has 1 atom stereocenters. The summed E-state index contributed by atoms with van der Waals surface area (Å²) < 4.78 is 6.23. The topological polar surface area (TPSA) is 66.5 Å². The summed E-state index contributed by atoms with van der Waals surface area (Å²) in [6.07, 6.45) is 2.23. The molecule has 2 aromatic heterocycles. The Morgan fingerprint density at radius 1 is 1.41 bits per heavy atom. The van der Waals surface area contributed by atoms with Gasteiger partial charge in [-0.05, 0) is 18.6 Å². The van der Waals surface area contributed by atoms with Gasteiger partial charge in [-0.3, -0.25) is 10.0 Å². The molecule has 3 rings (SSSR count). The summed E-state index contributed by atoms with van der Waals surface area (Å²) >= 11 is 0. The van der Waals surface area contributed by atoms with Gasteiger partial charge in [-0.15, -0.1) is 0 Å². The minimum absolute atomic E-state index is 0.164. The van der Waals surface area contributed by atoms with Crippen LogP contribution in [0.3, 0.4) is 0 Å². The third kappa shape index (κ3) is 1.99. The average molecular weight is 300 g/mol.